The Bertz CT molecular complexity index is 885. The van der Waals surface area contributed by atoms with Gasteiger partial charge in [0.2, 0.25) is 5.91 Å². The van der Waals surface area contributed by atoms with E-state index >= 15 is 0 Å². The van der Waals surface area contributed by atoms with E-state index in [9.17, 15) is 9.59 Å². The summed E-state index contributed by atoms with van der Waals surface area (Å²) in [4.78, 5) is 29.0. The van der Waals surface area contributed by atoms with E-state index in [0.717, 1.165) is 11.3 Å². The third-order valence-electron chi connectivity index (χ3n) is 4.53. The number of anilines is 1. The van der Waals surface area contributed by atoms with Gasteiger partial charge in [-0.15, -0.1) is 0 Å². The second-order valence-corrected chi connectivity index (χ2v) is 7.50. The highest BCUT2D eigenvalue weighted by Crippen LogP contribution is 2.28. The lowest BCUT2D eigenvalue weighted by Crippen LogP contribution is -2.58. The minimum atomic E-state index is -0.599. The van der Waals surface area contributed by atoms with Crippen molar-refractivity contribution in [2.24, 2.45) is 0 Å². The number of halogens is 3. The fourth-order valence-electron chi connectivity index (χ4n) is 3.13. The molecule has 1 unspecified atom stereocenters. The molecule has 2 aromatic carbocycles. The number of carbonyl (C=O) groups is 2. The molecule has 2 amide bonds. The van der Waals surface area contributed by atoms with Gasteiger partial charge < -0.3 is 9.80 Å². The van der Waals surface area contributed by atoms with E-state index in [1.165, 1.54) is 6.07 Å². The number of hydrogen-bond donors (Lipinski definition) is 0. The number of piperazine rings is 1. The molecule has 0 bridgehead atoms. The molecule has 1 aliphatic heterocycles. The van der Waals surface area contributed by atoms with Crippen LogP contribution in [0.2, 0.25) is 15.1 Å². The third-order valence-corrected chi connectivity index (χ3v) is 5.31. The molecule has 7 heteroatoms. The van der Waals surface area contributed by atoms with Crippen molar-refractivity contribution in [3.63, 3.8) is 0 Å². The Morgan fingerprint density at radius 2 is 1.69 bits per heavy atom. The molecule has 0 radical (unpaired) electrons. The molecule has 1 aliphatic rings. The summed E-state index contributed by atoms with van der Waals surface area (Å²) in [6.45, 7) is 4.45. The van der Waals surface area contributed by atoms with Gasteiger partial charge in [-0.3, -0.25) is 9.59 Å². The van der Waals surface area contributed by atoms with E-state index in [-0.39, 0.29) is 16.8 Å². The van der Waals surface area contributed by atoms with Gasteiger partial charge in [0.15, 0.2) is 0 Å². The summed E-state index contributed by atoms with van der Waals surface area (Å²) in [7, 11) is 0. The van der Waals surface area contributed by atoms with Gasteiger partial charge in [0.1, 0.15) is 6.04 Å². The maximum Gasteiger partial charge on any atom is 0.256 e. The van der Waals surface area contributed by atoms with Crippen molar-refractivity contribution in [3.8, 4) is 0 Å². The van der Waals surface area contributed by atoms with Crippen molar-refractivity contribution in [1.82, 2.24) is 4.90 Å². The zero-order valence-corrected chi connectivity index (χ0v) is 16.6. The third kappa shape index (κ3) is 3.54. The summed E-state index contributed by atoms with van der Waals surface area (Å²) in [5.74, 6) is -0.417. The Labute approximate surface area is 167 Å². The van der Waals surface area contributed by atoms with E-state index in [4.69, 9.17) is 34.8 Å². The van der Waals surface area contributed by atoms with Crippen molar-refractivity contribution in [3.05, 3.63) is 62.6 Å². The largest absolute Gasteiger partial charge is 0.325 e. The summed E-state index contributed by atoms with van der Waals surface area (Å²) in [6.07, 6.45) is 0. The van der Waals surface area contributed by atoms with Crippen LogP contribution in [0.1, 0.15) is 22.8 Å². The van der Waals surface area contributed by atoms with Crippen LogP contribution < -0.4 is 4.90 Å². The SMILES string of the molecule is Cc1cc(Cl)ccc1N1CCN(C(=O)c2ccc(Cl)cc2Cl)C(C)C1=O. The molecule has 1 fully saturated rings. The lowest BCUT2D eigenvalue weighted by molar-refractivity contribution is -0.124. The van der Waals surface area contributed by atoms with Crippen molar-refractivity contribution in [2.45, 2.75) is 19.9 Å². The van der Waals surface area contributed by atoms with Crippen molar-refractivity contribution >= 4 is 52.3 Å². The number of hydrogen-bond acceptors (Lipinski definition) is 2. The first kappa shape index (κ1) is 19.0. The topological polar surface area (TPSA) is 40.6 Å². The Balaban J connectivity index is 1.84. The number of carbonyl (C=O) groups excluding carboxylic acids is 2. The van der Waals surface area contributed by atoms with Gasteiger partial charge in [-0.1, -0.05) is 34.8 Å². The van der Waals surface area contributed by atoms with E-state index in [0.29, 0.717) is 28.7 Å². The van der Waals surface area contributed by atoms with Crippen LogP contribution in [0.3, 0.4) is 0 Å². The lowest BCUT2D eigenvalue weighted by Gasteiger charge is -2.39. The van der Waals surface area contributed by atoms with Crippen LogP contribution in [0.15, 0.2) is 36.4 Å². The number of rotatable bonds is 2. The normalized spacial score (nSPS) is 17.6. The monoisotopic (exact) mass is 410 g/mol. The van der Waals surface area contributed by atoms with Gasteiger partial charge in [-0.2, -0.15) is 0 Å². The number of benzene rings is 2. The molecular formula is C19H17Cl3N2O2. The van der Waals surface area contributed by atoms with Crippen LogP contribution in [0.5, 0.6) is 0 Å². The Morgan fingerprint density at radius 3 is 2.35 bits per heavy atom. The Morgan fingerprint density at radius 1 is 1.04 bits per heavy atom. The smallest absolute Gasteiger partial charge is 0.256 e. The number of amides is 2. The van der Waals surface area contributed by atoms with Crippen LogP contribution in [-0.2, 0) is 4.79 Å². The van der Waals surface area contributed by atoms with Crippen LogP contribution >= 0.6 is 34.8 Å². The molecule has 2 aromatic rings. The Kier molecular flexibility index (Phi) is 5.47. The zero-order chi connectivity index (χ0) is 19.0. The van der Waals surface area contributed by atoms with Crippen LogP contribution in [-0.4, -0.2) is 35.8 Å². The molecule has 26 heavy (non-hydrogen) atoms. The summed E-state index contributed by atoms with van der Waals surface area (Å²) < 4.78 is 0. The van der Waals surface area contributed by atoms with E-state index in [1.54, 1.807) is 34.9 Å². The van der Waals surface area contributed by atoms with Gasteiger partial charge in [0, 0.05) is 28.8 Å². The number of aryl methyl sites for hydroxylation is 1. The maximum absolute atomic E-state index is 12.9. The fourth-order valence-corrected chi connectivity index (χ4v) is 3.84. The molecule has 0 aromatic heterocycles. The quantitative estimate of drug-likeness (QED) is 0.710. The minimum Gasteiger partial charge on any atom is -0.325 e. The highest BCUT2D eigenvalue weighted by molar-refractivity contribution is 6.36. The first-order valence-electron chi connectivity index (χ1n) is 8.13. The van der Waals surface area contributed by atoms with E-state index in [2.05, 4.69) is 0 Å². The first-order valence-corrected chi connectivity index (χ1v) is 9.26. The summed E-state index contributed by atoms with van der Waals surface area (Å²) in [5.41, 5.74) is 2.06. The molecule has 4 nitrogen and oxygen atoms in total. The maximum atomic E-state index is 12.9. The van der Waals surface area contributed by atoms with E-state index < -0.39 is 6.04 Å². The standard InChI is InChI=1S/C19H17Cl3N2O2/c1-11-9-13(20)4-6-17(11)24-8-7-23(12(2)18(24)25)19(26)15-5-3-14(21)10-16(15)22/h3-6,9-10,12H,7-8H2,1-2H3. The summed E-state index contributed by atoms with van der Waals surface area (Å²) in [5, 5.41) is 1.36. The number of nitrogens with zero attached hydrogens (tertiary/aromatic N) is 2. The predicted octanol–water partition coefficient (Wildman–Crippen LogP) is 4.83. The van der Waals surface area contributed by atoms with Crippen molar-refractivity contribution in [2.75, 3.05) is 18.0 Å². The minimum absolute atomic E-state index is 0.139. The van der Waals surface area contributed by atoms with Crippen LogP contribution in [0.25, 0.3) is 0 Å². The molecule has 0 aliphatic carbocycles. The summed E-state index contributed by atoms with van der Waals surface area (Å²) >= 11 is 18.0. The zero-order valence-electron chi connectivity index (χ0n) is 14.3. The van der Waals surface area contributed by atoms with Crippen LogP contribution in [0.4, 0.5) is 5.69 Å². The second-order valence-electron chi connectivity index (χ2n) is 6.22. The average Bonchev–Trinajstić information content (AvgIpc) is 2.57. The molecule has 1 heterocycles. The molecular weight excluding hydrogens is 395 g/mol. The highest BCUT2D eigenvalue weighted by Gasteiger charge is 2.36. The molecule has 1 saturated heterocycles. The van der Waals surface area contributed by atoms with E-state index in [1.807, 2.05) is 19.1 Å². The highest BCUT2D eigenvalue weighted by atomic mass is 35.5. The predicted molar refractivity (Wildman–Crippen MR) is 106 cm³/mol. The summed E-state index contributed by atoms with van der Waals surface area (Å²) in [6, 6.07) is 9.53. The van der Waals surface area contributed by atoms with Gasteiger partial charge in [0.25, 0.3) is 5.91 Å². The van der Waals surface area contributed by atoms with Crippen molar-refractivity contribution < 1.29 is 9.59 Å². The van der Waals surface area contributed by atoms with Crippen molar-refractivity contribution in [1.29, 1.82) is 0 Å². The molecule has 0 spiro atoms. The molecule has 3 rings (SSSR count). The molecule has 0 saturated carbocycles. The van der Waals surface area contributed by atoms with Gasteiger partial charge in [0.05, 0.1) is 10.6 Å². The second kappa shape index (κ2) is 7.47. The first-order chi connectivity index (χ1) is 12.3. The fraction of sp³-hybridized carbons (Fsp3) is 0.263. The van der Waals surface area contributed by atoms with Crippen LogP contribution in [0, 0.1) is 6.92 Å². The Hall–Kier alpha value is -1.75. The lowest BCUT2D eigenvalue weighted by atomic mass is 10.1. The molecule has 136 valence electrons. The van der Waals surface area contributed by atoms with Gasteiger partial charge in [-0.25, -0.2) is 0 Å². The molecule has 1 atom stereocenters. The average molecular weight is 412 g/mol. The molecule has 0 N–H and O–H groups in total. The van der Waals surface area contributed by atoms with Gasteiger partial charge >= 0.3 is 0 Å². The van der Waals surface area contributed by atoms with Gasteiger partial charge in [-0.05, 0) is 55.8 Å².